The van der Waals surface area contributed by atoms with Crippen LogP contribution in [0.25, 0.3) is 0 Å². The molecular weight excluding hydrogens is 240 g/mol. The topological polar surface area (TPSA) is 79.3 Å². The van der Waals surface area contributed by atoms with Crippen molar-refractivity contribution in [2.24, 2.45) is 11.8 Å². The SMILES string of the molecule is CCc1nc(CNC(=O)C2CC2C(=O)O)cs1. The maximum absolute atomic E-state index is 11.6. The van der Waals surface area contributed by atoms with E-state index >= 15 is 0 Å². The van der Waals surface area contributed by atoms with Crippen LogP contribution in [-0.2, 0) is 22.6 Å². The average Bonchev–Trinajstić information content (AvgIpc) is 2.99. The Labute approximate surface area is 103 Å². The molecule has 0 saturated heterocycles. The molecule has 1 amide bonds. The molecule has 2 rings (SSSR count). The van der Waals surface area contributed by atoms with Crippen LogP contribution >= 0.6 is 11.3 Å². The molecule has 1 heterocycles. The van der Waals surface area contributed by atoms with Gasteiger partial charge in [0.25, 0.3) is 0 Å². The van der Waals surface area contributed by atoms with Crippen molar-refractivity contribution in [3.8, 4) is 0 Å². The van der Waals surface area contributed by atoms with E-state index in [1.165, 1.54) is 0 Å². The van der Waals surface area contributed by atoms with Crippen LogP contribution < -0.4 is 5.32 Å². The lowest BCUT2D eigenvalue weighted by molar-refractivity contribution is -0.140. The summed E-state index contributed by atoms with van der Waals surface area (Å²) in [6, 6.07) is 0. The second-order valence-corrected chi connectivity index (χ2v) is 5.03. The number of aromatic nitrogens is 1. The van der Waals surface area contributed by atoms with Crippen LogP contribution in [0.1, 0.15) is 24.0 Å². The summed E-state index contributed by atoms with van der Waals surface area (Å²) in [5, 5.41) is 14.4. The number of thiazole rings is 1. The highest BCUT2D eigenvalue weighted by Crippen LogP contribution is 2.38. The number of carboxylic acid groups (broad SMARTS) is 1. The van der Waals surface area contributed by atoms with E-state index in [1.54, 1.807) is 11.3 Å². The molecule has 1 aliphatic rings. The number of rotatable bonds is 5. The molecule has 0 bridgehead atoms. The van der Waals surface area contributed by atoms with Gasteiger partial charge >= 0.3 is 5.97 Å². The zero-order valence-electron chi connectivity index (χ0n) is 9.47. The van der Waals surface area contributed by atoms with Crippen molar-refractivity contribution >= 4 is 23.2 Å². The first-order chi connectivity index (χ1) is 8.11. The van der Waals surface area contributed by atoms with Crippen LogP contribution in [0.5, 0.6) is 0 Å². The van der Waals surface area contributed by atoms with E-state index in [2.05, 4.69) is 10.3 Å². The zero-order chi connectivity index (χ0) is 12.4. The summed E-state index contributed by atoms with van der Waals surface area (Å²) in [7, 11) is 0. The normalized spacial score (nSPS) is 22.2. The van der Waals surface area contributed by atoms with Crippen LogP contribution in [0.3, 0.4) is 0 Å². The van der Waals surface area contributed by atoms with E-state index in [-0.39, 0.29) is 11.8 Å². The summed E-state index contributed by atoms with van der Waals surface area (Å²) in [4.78, 5) is 26.5. The lowest BCUT2D eigenvalue weighted by Crippen LogP contribution is -2.26. The highest BCUT2D eigenvalue weighted by Gasteiger charge is 2.48. The van der Waals surface area contributed by atoms with Crippen molar-refractivity contribution in [2.75, 3.05) is 0 Å². The number of carboxylic acids is 1. The Morgan fingerprint density at radius 1 is 1.59 bits per heavy atom. The van der Waals surface area contributed by atoms with Crippen molar-refractivity contribution < 1.29 is 14.7 Å². The molecule has 17 heavy (non-hydrogen) atoms. The Balaban J connectivity index is 1.79. The first-order valence-corrected chi connectivity index (χ1v) is 6.43. The number of amides is 1. The van der Waals surface area contributed by atoms with Gasteiger partial charge in [0.2, 0.25) is 5.91 Å². The predicted molar refractivity (Wildman–Crippen MR) is 62.6 cm³/mol. The smallest absolute Gasteiger partial charge is 0.307 e. The second kappa shape index (κ2) is 4.83. The third-order valence-corrected chi connectivity index (χ3v) is 3.83. The Kier molecular flexibility index (Phi) is 3.42. The fourth-order valence-electron chi connectivity index (χ4n) is 1.66. The van der Waals surface area contributed by atoms with Crippen LogP contribution in [0, 0.1) is 11.8 Å². The van der Waals surface area contributed by atoms with Crippen molar-refractivity contribution in [1.82, 2.24) is 10.3 Å². The van der Waals surface area contributed by atoms with Crippen LogP contribution in [0.4, 0.5) is 0 Å². The largest absolute Gasteiger partial charge is 0.481 e. The minimum Gasteiger partial charge on any atom is -0.481 e. The van der Waals surface area contributed by atoms with Crippen LogP contribution in [-0.4, -0.2) is 22.0 Å². The highest BCUT2D eigenvalue weighted by atomic mass is 32.1. The van der Waals surface area contributed by atoms with E-state index in [0.717, 1.165) is 17.1 Å². The molecule has 1 fully saturated rings. The maximum atomic E-state index is 11.6. The quantitative estimate of drug-likeness (QED) is 0.823. The zero-order valence-corrected chi connectivity index (χ0v) is 10.3. The number of hydrogen-bond acceptors (Lipinski definition) is 4. The molecule has 5 nitrogen and oxygen atoms in total. The molecular formula is C11H14N2O3S. The molecule has 1 saturated carbocycles. The van der Waals surface area contributed by atoms with E-state index in [1.807, 2.05) is 12.3 Å². The number of nitrogens with one attached hydrogen (secondary N) is 1. The van der Waals surface area contributed by atoms with Gasteiger partial charge in [-0.3, -0.25) is 9.59 Å². The number of aliphatic carboxylic acids is 1. The van der Waals surface area contributed by atoms with Gasteiger partial charge in [-0.15, -0.1) is 11.3 Å². The molecule has 2 atom stereocenters. The van der Waals surface area contributed by atoms with Gasteiger partial charge in [-0.05, 0) is 12.8 Å². The number of nitrogens with zero attached hydrogens (tertiary/aromatic N) is 1. The molecule has 0 aliphatic heterocycles. The average molecular weight is 254 g/mol. The lowest BCUT2D eigenvalue weighted by atomic mass is 10.3. The second-order valence-electron chi connectivity index (χ2n) is 4.09. The van der Waals surface area contributed by atoms with Gasteiger partial charge in [0.1, 0.15) is 0 Å². The molecule has 92 valence electrons. The molecule has 6 heteroatoms. The maximum Gasteiger partial charge on any atom is 0.307 e. The van der Waals surface area contributed by atoms with E-state index < -0.39 is 11.9 Å². The highest BCUT2D eigenvalue weighted by molar-refractivity contribution is 7.09. The van der Waals surface area contributed by atoms with E-state index in [4.69, 9.17) is 5.11 Å². The molecule has 2 unspecified atom stereocenters. The summed E-state index contributed by atoms with van der Waals surface area (Å²) in [5.41, 5.74) is 0.840. The van der Waals surface area contributed by atoms with E-state index in [9.17, 15) is 9.59 Å². The first kappa shape index (κ1) is 12.0. The van der Waals surface area contributed by atoms with Crippen molar-refractivity contribution in [3.63, 3.8) is 0 Å². The predicted octanol–water partition coefficient (Wildman–Crippen LogP) is 1.04. The molecule has 1 aliphatic carbocycles. The van der Waals surface area contributed by atoms with Crippen LogP contribution in [0.15, 0.2) is 5.38 Å². The van der Waals surface area contributed by atoms with Gasteiger partial charge < -0.3 is 10.4 Å². The fourth-order valence-corrected chi connectivity index (χ4v) is 2.40. The van der Waals surface area contributed by atoms with Crippen LogP contribution in [0.2, 0.25) is 0 Å². The molecule has 2 N–H and O–H groups in total. The van der Waals surface area contributed by atoms with Gasteiger partial charge in [0, 0.05) is 5.38 Å². The Hall–Kier alpha value is -1.43. The molecule has 1 aromatic rings. The van der Waals surface area contributed by atoms with Gasteiger partial charge in [-0.1, -0.05) is 6.92 Å². The summed E-state index contributed by atoms with van der Waals surface area (Å²) in [6.07, 6.45) is 1.35. The van der Waals surface area contributed by atoms with Gasteiger partial charge in [-0.2, -0.15) is 0 Å². The fraction of sp³-hybridized carbons (Fsp3) is 0.545. The monoisotopic (exact) mass is 254 g/mol. The van der Waals surface area contributed by atoms with E-state index in [0.29, 0.717) is 13.0 Å². The first-order valence-electron chi connectivity index (χ1n) is 5.55. The third-order valence-electron chi connectivity index (χ3n) is 2.79. The van der Waals surface area contributed by atoms with Crippen molar-refractivity contribution in [1.29, 1.82) is 0 Å². The Morgan fingerprint density at radius 2 is 2.35 bits per heavy atom. The van der Waals surface area contributed by atoms with Gasteiger partial charge in [-0.25, -0.2) is 4.98 Å². The third kappa shape index (κ3) is 2.82. The number of carbonyl (C=O) groups is 2. The molecule has 0 aromatic carbocycles. The number of hydrogen-bond donors (Lipinski definition) is 2. The minimum absolute atomic E-state index is 0.177. The summed E-state index contributed by atoms with van der Waals surface area (Å²) < 4.78 is 0. The number of carbonyl (C=O) groups excluding carboxylic acids is 1. The molecule has 0 spiro atoms. The summed E-state index contributed by atoms with van der Waals surface area (Å²) in [6.45, 7) is 2.42. The minimum atomic E-state index is -0.882. The lowest BCUT2D eigenvalue weighted by Gasteiger charge is -2.01. The summed E-state index contributed by atoms with van der Waals surface area (Å²) >= 11 is 1.57. The van der Waals surface area contributed by atoms with Crippen molar-refractivity contribution in [2.45, 2.75) is 26.3 Å². The molecule has 0 radical (unpaired) electrons. The van der Waals surface area contributed by atoms with Gasteiger partial charge in [0.05, 0.1) is 29.1 Å². The Morgan fingerprint density at radius 3 is 2.88 bits per heavy atom. The number of aryl methyl sites for hydroxylation is 1. The molecule has 1 aromatic heterocycles. The Bertz CT molecular complexity index is 444. The van der Waals surface area contributed by atoms with Gasteiger partial charge in [0.15, 0.2) is 0 Å². The van der Waals surface area contributed by atoms with Crippen molar-refractivity contribution in [3.05, 3.63) is 16.1 Å². The summed E-state index contributed by atoms with van der Waals surface area (Å²) in [5.74, 6) is -1.90. The standard InChI is InChI=1S/C11H14N2O3S/c1-2-9-13-6(5-17-9)4-12-10(14)7-3-8(7)11(15)16/h5,7-8H,2-4H2,1H3,(H,12,14)(H,15,16).